The number of non-ortho nitro benzene ring substituents is 1. The van der Waals surface area contributed by atoms with Crippen LogP contribution in [0.4, 0.5) is 5.69 Å². The molecular formula is C26H20N2O6. The minimum atomic E-state index is -0.553. The summed E-state index contributed by atoms with van der Waals surface area (Å²) >= 11 is 0. The Morgan fingerprint density at radius 2 is 1.94 bits per heavy atom. The molecule has 8 nitrogen and oxygen atoms in total. The number of nitro groups is 1. The lowest BCUT2D eigenvalue weighted by atomic mass is 10.0. The molecule has 0 radical (unpaired) electrons. The van der Waals surface area contributed by atoms with Gasteiger partial charge in [0.25, 0.3) is 5.69 Å². The van der Waals surface area contributed by atoms with E-state index in [1.165, 1.54) is 12.1 Å². The molecule has 0 bridgehead atoms. The maximum absolute atomic E-state index is 13.3. The molecule has 0 N–H and O–H groups in total. The Labute approximate surface area is 194 Å². The molecule has 0 aliphatic carbocycles. The zero-order chi connectivity index (χ0) is 23.7. The molecule has 8 heteroatoms. The third kappa shape index (κ3) is 4.18. The van der Waals surface area contributed by atoms with Gasteiger partial charge in [0.1, 0.15) is 12.4 Å². The Morgan fingerprint density at radius 3 is 2.74 bits per heavy atom. The highest BCUT2D eigenvalue weighted by Gasteiger charge is 2.23. The van der Waals surface area contributed by atoms with Gasteiger partial charge in [-0.05, 0) is 25.1 Å². The number of nitro benzene ring substituents is 1. The van der Waals surface area contributed by atoms with E-state index in [9.17, 15) is 14.9 Å². The summed E-state index contributed by atoms with van der Waals surface area (Å²) in [4.78, 5) is 28.8. The second kappa shape index (κ2) is 8.92. The molecule has 0 unspecified atom stereocenters. The van der Waals surface area contributed by atoms with Gasteiger partial charge in [0.15, 0.2) is 6.79 Å². The van der Waals surface area contributed by atoms with Gasteiger partial charge >= 0.3 is 5.97 Å². The highest BCUT2D eigenvalue weighted by molar-refractivity contribution is 6.04. The second-order valence-electron chi connectivity index (χ2n) is 7.98. The summed E-state index contributed by atoms with van der Waals surface area (Å²) in [6.07, 6.45) is 0. The maximum atomic E-state index is 13.3. The van der Waals surface area contributed by atoms with Gasteiger partial charge < -0.3 is 14.2 Å². The highest BCUT2D eigenvalue weighted by atomic mass is 16.7. The number of carbonyl (C=O) groups excluding carboxylic acids is 1. The van der Waals surface area contributed by atoms with E-state index < -0.39 is 10.9 Å². The monoisotopic (exact) mass is 456 g/mol. The molecule has 0 fully saturated rings. The van der Waals surface area contributed by atoms with Crippen LogP contribution in [0, 0.1) is 17.0 Å². The lowest BCUT2D eigenvalue weighted by Gasteiger charge is -2.20. The van der Waals surface area contributed by atoms with E-state index in [2.05, 4.69) is 0 Å². The fraction of sp³-hybridized carbons (Fsp3) is 0.154. The van der Waals surface area contributed by atoms with Crippen LogP contribution < -0.4 is 4.74 Å². The first kappa shape index (κ1) is 21.5. The molecule has 34 heavy (non-hydrogen) atoms. The zero-order valence-corrected chi connectivity index (χ0v) is 18.3. The number of esters is 1. The second-order valence-corrected chi connectivity index (χ2v) is 7.98. The van der Waals surface area contributed by atoms with Crippen molar-refractivity contribution in [2.75, 3.05) is 6.79 Å². The first-order chi connectivity index (χ1) is 16.5. The van der Waals surface area contributed by atoms with Crippen molar-refractivity contribution in [2.45, 2.75) is 20.1 Å². The molecular weight excluding hydrogens is 436 g/mol. The fourth-order valence-corrected chi connectivity index (χ4v) is 3.98. The quantitative estimate of drug-likeness (QED) is 0.227. The van der Waals surface area contributed by atoms with Crippen LogP contribution in [0.15, 0.2) is 66.7 Å². The van der Waals surface area contributed by atoms with E-state index in [4.69, 9.17) is 19.2 Å². The third-order valence-electron chi connectivity index (χ3n) is 5.59. The van der Waals surface area contributed by atoms with Crippen molar-refractivity contribution in [3.8, 4) is 17.0 Å². The topological polar surface area (TPSA) is 101 Å². The van der Waals surface area contributed by atoms with E-state index >= 15 is 0 Å². The summed E-state index contributed by atoms with van der Waals surface area (Å²) in [6, 6.07) is 19.8. The predicted octanol–water partition coefficient (Wildman–Crippen LogP) is 5.34. The van der Waals surface area contributed by atoms with Crippen LogP contribution in [0.1, 0.15) is 27.0 Å². The molecule has 1 aliphatic rings. The van der Waals surface area contributed by atoms with Crippen LogP contribution >= 0.6 is 0 Å². The molecule has 0 amide bonds. The third-order valence-corrected chi connectivity index (χ3v) is 5.59. The number of aryl methyl sites for hydroxylation is 1. The van der Waals surface area contributed by atoms with Gasteiger partial charge in [-0.15, -0.1) is 0 Å². The average molecular weight is 456 g/mol. The van der Waals surface area contributed by atoms with E-state index in [0.717, 1.165) is 11.1 Å². The lowest BCUT2D eigenvalue weighted by molar-refractivity contribution is -0.385. The lowest BCUT2D eigenvalue weighted by Crippen LogP contribution is -2.15. The number of fused-ring (bicyclic) bond motifs is 2. The smallest absolute Gasteiger partial charge is 0.339 e. The number of aromatic nitrogens is 1. The van der Waals surface area contributed by atoms with Crippen molar-refractivity contribution in [1.29, 1.82) is 0 Å². The Balaban J connectivity index is 1.51. The summed E-state index contributed by atoms with van der Waals surface area (Å²) in [6.45, 7) is 1.97. The average Bonchev–Trinajstić information content (AvgIpc) is 2.86. The van der Waals surface area contributed by atoms with Crippen molar-refractivity contribution in [1.82, 2.24) is 4.98 Å². The maximum Gasteiger partial charge on any atom is 0.339 e. The highest BCUT2D eigenvalue weighted by Crippen LogP contribution is 2.33. The molecule has 2 heterocycles. The first-order valence-corrected chi connectivity index (χ1v) is 10.6. The van der Waals surface area contributed by atoms with Crippen LogP contribution in [0.25, 0.3) is 22.2 Å². The van der Waals surface area contributed by atoms with Gasteiger partial charge in [-0.3, -0.25) is 10.1 Å². The van der Waals surface area contributed by atoms with Gasteiger partial charge in [0, 0.05) is 34.2 Å². The van der Waals surface area contributed by atoms with Crippen LogP contribution in [0.5, 0.6) is 5.75 Å². The number of rotatable bonds is 5. The number of nitrogens with zero attached hydrogens (tertiary/aromatic N) is 2. The van der Waals surface area contributed by atoms with Crippen molar-refractivity contribution in [3.63, 3.8) is 0 Å². The number of pyridine rings is 1. The Morgan fingerprint density at radius 1 is 1.12 bits per heavy atom. The normalized spacial score (nSPS) is 12.6. The SMILES string of the molecule is Cc1ccc2nc(-c3ccccc3)cc(C(=O)OCc3cc([N+](=O)[O-])cc4c3OCOC4)c2c1. The van der Waals surface area contributed by atoms with Crippen molar-refractivity contribution < 1.29 is 23.9 Å². The number of benzene rings is 3. The summed E-state index contributed by atoms with van der Waals surface area (Å²) in [5.74, 6) is -0.104. The van der Waals surface area contributed by atoms with Crippen LogP contribution in [0.3, 0.4) is 0 Å². The minimum Gasteiger partial charge on any atom is -0.467 e. The molecule has 5 rings (SSSR count). The minimum absolute atomic E-state index is 0.0282. The largest absolute Gasteiger partial charge is 0.467 e. The van der Waals surface area contributed by atoms with Gasteiger partial charge in [-0.2, -0.15) is 0 Å². The van der Waals surface area contributed by atoms with Crippen molar-refractivity contribution in [2.24, 2.45) is 0 Å². The van der Waals surface area contributed by atoms with Crippen molar-refractivity contribution in [3.05, 3.63) is 99.1 Å². The molecule has 170 valence electrons. The van der Waals surface area contributed by atoms with Gasteiger partial charge in [-0.25, -0.2) is 9.78 Å². The fourth-order valence-electron chi connectivity index (χ4n) is 3.98. The van der Waals surface area contributed by atoms with E-state index in [1.54, 1.807) is 6.07 Å². The Kier molecular flexibility index (Phi) is 5.65. The molecule has 0 saturated carbocycles. The summed E-state index contributed by atoms with van der Waals surface area (Å²) in [7, 11) is 0. The predicted molar refractivity (Wildman–Crippen MR) is 124 cm³/mol. The zero-order valence-electron chi connectivity index (χ0n) is 18.3. The van der Waals surface area contributed by atoms with Gasteiger partial charge in [0.2, 0.25) is 0 Å². The number of ether oxygens (including phenoxy) is 3. The Bertz CT molecular complexity index is 1420. The molecule has 0 atom stereocenters. The molecule has 0 saturated heterocycles. The molecule has 3 aromatic carbocycles. The molecule has 1 aliphatic heterocycles. The van der Waals surface area contributed by atoms with E-state index in [0.29, 0.717) is 39.0 Å². The molecule has 4 aromatic rings. The molecule has 1 aromatic heterocycles. The Hall–Kier alpha value is -4.30. The van der Waals surface area contributed by atoms with E-state index in [1.807, 2.05) is 55.5 Å². The van der Waals surface area contributed by atoms with E-state index in [-0.39, 0.29) is 25.7 Å². The standard InChI is InChI=1S/C26H20N2O6/c1-16-7-8-23-21(9-16)22(12-24(27-23)17-5-3-2-4-6-17)26(29)33-14-19-11-20(28(30)31)10-18-13-32-15-34-25(18)19/h2-12H,13-15H2,1H3. The van der Waals surface area contributed by atoms with Crippen LogP contribution in [-0.4, -0.2) is 22.7 Å². The van der Waals surface area contributed by atoms with Gasteiger partial charge in [-0.1, -0.05) is 42.0 Å². The first-order valence-electron chi connectivity index (χ1n) is 10.6. The van der Waals surface area contributed by atoms with Gasteiger partial charge in [0.05, 0.1) is 28.3 Å². The summed E-state index contributed by atoms with van der Waals surface area (Å²) < 4.78 is 16.4. The van der Waals surface area contributed by atoms with Crippen molar-refractivity contribution >= 4 is 22.6 Å². The summed E-state index contributed by atoms with van der Waals surface area (Å²) in [5, 5.41) is 12.0. The number of hydrogen-bond acceptors (Lipinski definition) is 7. The number of hydrogen-bond donors (Lipinski definition) is 0. The number of carbonyl (C=O) groups is 1. The van der Waals surface area contributed by atoms with Crippen LogP contribution in [0.2, 0.25) is 0 Å². The summed E-state index contributed by atoms with van der Waals surface area (Å²) in [5.41, 5.74) is 4.40. The van der Waals surface area contributed by atoms with Crippen LogP contribution in [-0.2, 0) is 22.7 Å². The molecule has 0 spiro atoms.